The Bertz CT molecular complexity index is 363. The summed E-state index contributed by atoms with van der Waals surface area (Å²) in [6, 6.07) is 6.82. The van der Waals surface area contributed by atoms with E-state index in [0.717, 1.165) is 0 Å². The molecule has 0 atom stereocenters. The number of para-hydroxylation sites is 1. The standard InChI is InChI=1S/C11H10O3/c1-3-8-14-11(12)9-6-4-5-7-10(9)13-2/h1,4-7H,8H2,2H3. The van der Waals surface area contributed by atoms with Crippen LogP contribution in [-0.4, -0.2) is 19.7 Å². The maximum Gasteiger partial charge on any atom is 0.342 e. The van der Waals surface area contributed by atoms with Crippen LogP contribution < -0.4 is 4.74 Å². The second kappa shape index (κ2) is 4.93. The number of ether oxygens (including phenoxy) is 2. The average Bonchev–Trinajstić information content (AvgIpc) is 2.25. The molecule has 72 valence electrons. The molecule has 0 aliphatic carbocycles. The van der Waals surface area contributed by atoms with Gasteiger partial charge in [0.05, 0.1) is 7.11 Å². The minimum Gasteiger partial charge on any atom is -0.496 e. The Kier molecular flexibility index (Phi) is 3.57. The molecule has 0 N–H and O–H groups in total. The molecule has 0 saturated carbocycles. The van der Waals surface area contributed by atoms with Gasteiger partial charge in [-0.25, -0.2) is 4.79 Å². The first kappa shape index (κ1) is 10.1. The number of esters is 1. The second-order valence-corrected chi connectivity index (χ2v) is 2.48. The van der Waals surface area contributed by atoms with Crippen molar-refractivity contribution in [2.45, 2.75) is 0 Å². The van der Waals surface area contributed by atoms with Crippen LogP contribution in [0.25, 0.3) is 0 Å². The first-order chi connectivity index (χ1) is 6.79. The Labute approximate surface area is 82.6 Å². The van der Waals surface area contributed by atoms with Crippen molar-refractivity contribution < 1.29 is 14.3 Å². The molecule has 0 radical (unpaired) electrons. The van der Waals surface area contributed by atoms with Crippen LogP contribution in [0.5, 0.6) is 5.75 Å². The van der Waals surface area contributed by atoms with Gasteiger partial charge in [-0.15, -0.1) is 6.42 Å². The quantitative estimate of drug-likeness (QED) is 0.535. The first-order valence-electron chi connectivity index (χ1n) is 4.03. The smallest absolute Gasteiger partial charge is 0.342 e. The second-order valence-electron chi connectivity index (χ2n) is 2.48. The largest absolute Gasteiger partial charge is 0.496 e. The third-order valence-corrected chi connectivity index (χ3v) is 1.61. The molecule has 0 heterocycles. The fourth-order valence-electron chi connectivity index (χ4n) is 0.998. The van der Waals surface area contributed by atoms with Gasteiger partial charge in [-0.1, -0.05) is 18.1 Å². The van der Waals surface area contributed by atoms with Crippen molar-refractivity contribution in [3.63, 3.8) is 0 Å². The molecule has 3 nitrogen and oxygen atoms in total. The van der Waals surface area contributed by atoms with Gasteiger partial charge in [-0.05, 0) is 12.1 Å². The monoisotopic (exact) mass is 190 g/mol. The lowest BCUT2D eigenvalue weighted by Gasteiger charge is -2.06. The first-order valence-corrected chi connectivity index (χ1v) is 4.03. The third-order valence-electron chi connectivity index (χ3n) is 1.61. The van der Waals surface area contributed by atoms with Gasteiger partial charge < -0.3 is 9.47 Å². The number of carbonyl (C=O) groups is 1. The number of carbonyl (C=O) groups excluding carboxylic acids is 1. The molecule has 0 aromatic heterocycles. The maximum atomic E-state index is 11.4. The molecular weight excluding hydrogens is 180 g/mol. The van der Waals surface area contributed by atoms with E-state index in [-0.39, 0.29) is 6.61 Å². The van der Waals surface area contributed by atoms with Crippen molar-refractivity contribution in [1.29, 1.82) is 0 Å². The van der Waals surface area contributed by atoms with Crippen molar-refractivity contribution in [3.05, 3.63) is 29.8 Å². The maximum absolute atomic E-state index is 11.4. The van der Waals surface area contributed by atoms with Gasteiger partial charge in [0, 0.05) is 0 Å². The van der Waals surface area contributed by atoms with E-state index in [0.29, 0.717) is 11.3 Å². The predicted molar refractivity (Wildman–Crippen MR) is 52.1 cm³/mol. The van der Waals surface area contributed by atoms with Crippen molar-refractivity contribution in [2.24, 2.45) is 0 Å². The molecule has 0 saturated heterocycles. The zero-order valence-electron chi connectivity index (χ0n) is 7.82. The van der Waals surface area contributed by atoms with Crippen LogP contribution in [0.15, 0.2) is 24.3 Å². The van der Waals surface area contributed by atoms with Crippen LogP contribution in [0.4, 0.5) is 0 Å². The number of methoxy groups -OCH3 is 1. The van der Waals surface area contributed by atoms with Crippen LogP contribution >= 0.6 is 0 Å². The highest BCUT2D eigenvalue weighted by Gasteiger charge is 2.11. The minimum absolute atomic E-state index is 0.0309. The van der Waals surface area contributed by atoms with Crippen molar-refractivity contribution in [1.82, 2.24) is 0 Å². The molecule has 3 heteroatoms. The Morgan fingerprint density at radius 3 is 2.86 bits per heavy atom. The van der Waals surface area contributed by atoms with Crippen molar-refractivity contribution in [3.8, 4) is 18.1 Å². The Balaban J connectivity index is 2.84. The van der Waals surface area contributed by atoms with Gasteiger partial charge in [0.2, 0.25) is 0 Å². The number of hydrogen-bond donors (Lipinski definition) is 0. The number of hydrogen-bond acceptors (Lipinski definition) is 3. The predicted octanol–water partition coefficient (Wildman–Crippen LogP) is 1.49. The highest BCUT2D eigenvalue weighted by molar-refractivity contribution is 5.92. The number of terminal acetylenes is 1. The van der Waals surface area contributed by atoms with Crippen LogP contribution in [0.2, 0.25) is 0 Å². The summed E-state index contributed by atoms with van der Waals surface area (Å²) in [5.74, 6) is 2.23. The highest BCUT2D eigenvalue weighted by atomic mass is 16.5. The summed E-state index contributed by atoms with van der Waals surface area (Å²) in [6.07, 6.45) is 4.97. The molecule has 0 fully saturated rings. The van der Waals surface area contributed by atoms with E-state index in [9.17, 15) is 4.79 Å². The fraction of sp³-hybridized carbons (Fsp3) is 0.182. The van der Waals surface area contributed by atoms with E-state index < -0.39 is 5.97 Å². The molecule has 0 bridgehead atoms. The summed E-state index contributed by atoms with van der Waals surface area (Å²) in [5.41, 5.74) is 0.380. The van der Waals surface area contributed by atoms with Gasteiger partial charge in [-0.3, -0.25) is 0 Å². The Morgan fingerprint density at radius 1 is 1.50 bits per heavy atom. The lowest BCUT2D eigenvalue weighted by molar-refractivity contribution is 0.0553. The highest BCUT2D eigenvalue weighted by Crippen LogP contribution is 2.17. The van der Waals surface area contributed by atoms with Gasteiger partial charge in [0.1, 0.15) is 11.3 Å². The summed E-state index contributed by atoms with van der Waals surface area (Å²) in [6.45, 7) is -0.0309. The van der Waals surface area contributed by atoms with Gasteiger partial charge in [-0.2, -0.15) is 0 Å². The number of rotatable bonds is 3. The lowest BCUT2D eigenvalue weighted by Crippen LogP contribution is -2.06. The van der Waals surface area contributed by atoms with Gasteiger partial charge in [0.15, 0.2) is 6.61 Å². The van der Waals surface area contributed by atoms with Crippen LogP contribution in [-0.2, 0) is 4.74 Å². The summed E-state index contributed by atoms with van der Waals surface area (Å²) in [5, 5.41) is 0. The zero-order chi connectivity index (χ0) is 10.4. The van der Waals surface area contributed by atoms with Gasteiger partial charge in [0.25, 0.3) is 0 Å². The van der Waals surface area contributed by atoms with E-state index >= 15 is 0 Å². The summed E-state index contributed by atoms with van der Waals surface area (Å²) in [7, 11) is 1.49. The van der Waals surface area contributed by atoms with E-state index in [2.05, 4.69) is 5.92 Å². The third kappa shape index (κ3) is 2.27. The van der Waals surface area contributed by atoms with E-state index in [1.807, 2.05) is 0 Å². The van der Waals surface area contributed by atoms with Crippen molar-refractivity contribution >= 4 is 5.97 Å². The van der Waals surface area contributed by atoms with Crippen molar-refractivity contribution in [2.75, 3.05) is 13.7 Å². The van der Waals surface area contributed by atoms with E-state index in [4.69, 9.17) is 15.9 Å². The molecule has 1 rings (SSSR count). The average molecular weight is 190 g/mol. The van der Waals surface area contributed by atoms with Gasteiger partial charge >= 0.3 is 5.97 Å². The zero-order valence-corrected chi connectivity index (χ0v) is 7.82. The molecule has 0 spiro atoms. The molecule has 1 aromatic rings. The fourth-order valence-corrected chi connectivity index (χ4v) is 0.998. The molecule has 14 heavy (non-hydrogen) atoms. The SMILES string of the molecule is C#CCOC(=O)c1ccccc1OC. The molecular formula is C11H10O3. The Morgan fingerprint density at radius 2 is 2.21 bits per heavy atom. The summed E-state index contributed by atoms with van der Waals surface area (Å²) >= 11 is 0. The Hall–Kier alpha value is -1.95. The van der Waals surface area contributed by atoms with Crippen LogP contribution in [0.1, 0.15) is 10.4 Å². The summed E-state index contributed by atoms with van der Waals surface area (Å²) < 4.78 is 9.76. The molecule has 0 aliphatic heterocycles. The molecule has 0 amide bonds. The normalized spacial score (nSPS) is 8.86. The lowest BCUT2D eigenvalue weighted by atomic mass is 10.2. The molecule has 0 unspecified atom stereocenters. The van der Waals surface area contributed by atoms with Crippen LogP contribution in [0.3, 0.4) is 0 Å². The molecule has 0 aliphatic rings. The number of benzene rings is 1. The summed E-state index contributed by atoms with van der Waals surface area (Å²) in [4.78, 5) is 11.4. The topological polar surface area (TPSA) is 35.5 Å². The van der Waals surface area contributed by atoms with Crippen LogP contribution in [0, 0.1) is 12.3 Å². The van der Waals surface area contributed by atoms with E-state index in [1.54, 1.807) is 24.3 Å². The van der Waals surface area contributed by atoms with E-state index in [1.165, 1.54) is 7.11 Å². The minimum atomic E-state index is -0.472. The molecule has 1 aromatic carbocycles.